The second-order valence-electron chi connectivity index (χ2n) is 15.1. The van der Waals surface area contributed by atoms with Gasteiger partial charge in [-0.05, 0) is 92.4 Å². The molecule has 1 fully saturated rings. The van der Waals surface area contributed by atoms with Crippen molar-refractivity contribution in [3.05, 3.63) is 159 Å². The van der Waals surface area contributed by atoms with Gasteiger partial charge in [0.05, 0.1) is 27.8 Å². The lowest BCUT2D eigenvalue weighted by atomic mass is 9.75. The molecule has 2 aliphatic heterocycles. The summed E-state index contributed by atoms with van der Waals surface area (Å²) in [4.78, 5) is 46.2. The molecule has 0 aliphatic carbocycles. The van der Waals surface area contributed by atoms with Crippen LogP contribution in [0, 0.1) is 12.8 Å². The summed E-state index contributed by atoms with van der Waals surface area (Å²) in [6.45, 7) is 4.78. The zero-order valence-electron chi connectivity index (χ0n) is 32.2. The summed E-state index contributed by atoms with van der Waals surface area (Å²) in [6.07, 6.45) is 5.98. The maximum Gasteiger partial charge on any atom is 0.328 e. The minimum Gasteiger partial charge on any atom is -0.478 e. The molecule has 5 heterocycles. The number of benzene rings is 4. The maximum absolute atomic E-state index is 14.1. The van der Waals surface area contributed by atoms with Gasteiger partial charge in [0.15, 0.2) is 0 Å². The molecule has 0 amide bonds. The third-order valence-electron chi connectivity index (χ3n) is 11.8. The molecule has 290 valence electrons. The third kappa shape index (κ3) is 7.50. The van der Waals surface area contributed by atoms with Gasteiger partial charge in [-0.3, -0.25) is 9.69 Å². The number of para-hydroxylation sites is 4. The van der Waals surface area contributed by atoms with Crippen LogP contribution in [-0.2, 0) is 42.4 Å². The van der Waals surface area contributed by atoms with E-state index in [9.17, 15) is 14.4 Å². The number of fused-ring (bicyclic) bond motifs is 7. The zero-order valence-corrected chi connectivity index (χ0v) is 32.2. The molecular weight excluding hydrogens is 717 g/mol. The fourth-order valence-corrected chi connectivity index (χ4v) is 9.11. The first-order valence-electron chi connectivity index (χ1n) is 19.6. The first-order chi connectivity index (χ1) is 27.7. The molecule has 0 saturated carbocycles. The Morgan fingerprint density at radius 1 is 0.807 bits per heavy atom. The molecular formula is C46H46N6O5. The van der Waals surface area contributed by atoms with Crippen molar-refractivity contribution in [1.29, 1.82) is 0 Å². The van der Waals surface area contributed by atoms with Crippen LogP contribution in [0.15, 0.2) is 120 Å². The molecule has 57 heavy (non-hydrogen) atoms. The molecule has 11 nitrogen and oxygen atoms in total. The second-order valence-corrected chi connectivity index (χ2v) is 15.1. The Morgan fingerprint density at radius 3 is 2.23 bits per heavy atom. The van der Waals surface area contributed by atoms with E-state index in [-0.39, 0.29) is 11.5 Å². The number of aromatic nitrogens is 5. The van der Waals surface area contributed by atoms with Crippen LogP contribution in [0.2, 0.25) is 0 Å². The molecule has 2 aliphatic rings. The number of carbonyl (C=O) groups is 2. The largest absolute Gasteiger partial charge is 0.478 e. The van der Waals surface area contributed by atoms with E-state index in [4.69, 9.17) is 20.2 Å². The van der Waals surface area contributed by atoms with Crippen molar-refractivity contribution in [2.75, 3.05) is 13.1 Å². The van der Waals surface area contributed by atoms with Gasteiger partial charge in [-0.15, -0.1) is 0 Å². The van der Waals surface area contributed by atoms with E-state index >= 15 is 0 Å². The molecule has 7 aromatic rings. The van der Waals surface area contributed by atoms with Crippen LogP contribution in [0.25, 0.3) is 27.8 Å². The zero-order chi connectivity index (χ0) is 39.6. The van der Waals surface area contributed by atoms with Crippen molar-refractivity contribution < 1.29 is 19.8 Å². The summed E-state index contributed by atoms with van der Waals surface area (Å²) in [6, 6.07) is 37.1. The van der Waals surface area contributed by atoms with E-state index in [2.05, 4.69) is 94.4 Å². The summed E-state index contributed by atoms with van der Waals surface area (Å²) in [5.41, 5.74) is 10.2. The average molecular weight is 763 g/mol. The van der Waals surface area contributed by atoms with Crippen LogP contribution in [0.5, 0.6) is 0 Å². The molecule has 3 aromatic heterocycles. The number of hydrogen-bond donors (Lipinski definition) is 2. The highest BCUT2D eigenvalue weighted by Crippen LogP contribution is 2.43. The number of nitrogens with zero attached hydrogens (tertiary/aromatic N) is 6. The highest BCUT2D eigenvalue weighted by atomic mass is 16.4. The highest BCUT2D eigenvalue weighted by Gasteiger charge is 2.38. The van der Waals surface area contributed by atoms with Gasteiger partial charge in [0.25, 0.3) is 5.56 Å². The fourth-order valence-electron chi connectivity index (χ4n) is 9.11. The summed E-state index contributed by atoms with van der Waals surface area (Å²) in [7, 11) is 1.99. The highest BCUT2D eigenvalue weighted by molar-refractivity contribution is 5.89. The van der Waals surface area contributed by atoms with Crippen LogP contribution in [0.4, 0.5) is 0 Å². The number of rotatable bonds is 8. The van der Waals surface area contributed by atoms with Gasteiger partial charge in [0, 0.05) is 49.8 Å². The van der Waals surface area contributed by atoms with Crippen molar-refractivity contribution in [3.8, 4) is 0 Å². The van der Waals surface area contributed by atoms with Crippen molar-refractivity contribution in [2.45, 2.75) is 57.5 Å². The van der Waals surface area contributed by atoms with Gasteiger partial charge in [-0.25, -0.2) is 24.0 Å². The molecule has 0 radical (unpaired) electrons. The summed E-state index contributed by atoms with van der Waals surface area (Å²) in [5, 5.41) is 15.6. The predicted octanol–water partition coefficient (Wildman–Crippen LogP) is 6.81. The maximum atomic E-state index is 14.1. The van der Waals surface area contributed by atoms with E-state index in [1.165, 1.54) is 28.0 Å². The Labute approximate surface area is 330 Å². The van der Waals surface area contributed by atoms with Gasteiger partial charge in [-0.2, -0.15) is 0 Å². The van der Waals surface area contributed by atoms with Crippen LogP contribution < -0.4 is 5.56 Å². The lowest BCUT2D eigenvalue weighted by molar-refractivity contribution is -0.134. The summed E-state index contributed by atoms with van der Waals surface area (Å²) < 4.78 is 6.33. The van der Waals surface area contributed by atoms with Crippen LogP contribution in [-0.4, -0.2) is 69.7 Å². The lowest BCUT2D eigenvalue weighted by Crippen LogP contribution is -2.46. The Kier molecular flexibility index (Phi) is 10.6. The topological polar surface area (TPSA) is 135 Å². The van der Waals surface area contributed by atoms with E-state index in [1.807, 2.05) is 36.7 Å². The second kappa shape index (κ2) is 16.0. The fraction of sp³-hybridized carbons (Fsp3) is 0.283. The molecule has 3 atom stereocenters. The van der Waals surface area contributed by atoms with Gasteiger partial charge >= 0.3 is 11.9 Å². The third-order valence-corrected chi connectivity index (χ3v) is 11.8. The standard InChI is InChI=1S/C42H42N6O.C4H4O4/c1-28-33(41(49)48-38-19-11-10-18-37(38)45(2)42(48)43-28)22-24-46-23-20-31(27-32(46)26-29-12-4-3-5-13-29)39-34-15-7-6-14-30(34)21-25-47-36-17-9-8-16-35(36)44-40(39)47;5-3(6)1-2-4(7)8/h3-19,31-32,39H,20-27H2,1-2H3;1-2H,(H,5,6)(H,7,8)/b;2-1+. The minimum absolute atomic E-state index is 0.0581. The van der Waals surface area contributed by atoms with Crippen molar-refractivity contribution in [2.24, 2.45) is 13.0 Å². The number of piperidine rings is 1. The normalized spacial score (nSPS) is 18.2. The molecule has 3 unspecified atom stereocenters. The van der Waals surface area contributed by atoms with Crippen molar-refractivity contribution in [3.63, 3.8) is 0 Å². The summed E-state index contributed by atoms with van der Waals surface area (Å²) in [5.74, 6) is 0.114. The average Bonchev–Trinajstić information content (AvgIpc) is 3.66. The van der Waals surface area contributed by atoms with E-state index < -0.39 is 11.9 Å². The number of carboxylic acid groups (broad SMARTS) is 2. The first-order valence-corrected chi connectivity index (χ1v) is 19.6. The number of carboxylic acids is 2. The number of aliphatic carboxylic acids is 2. The van der Waals surface area contributed by atoms with E-state index in [0.29, 0.717) is 36.3 Å². The van der Waals surface area contributed by atoms with Crippen LogP contribution in [0.3, 0.4) is 0 Å². The quantitative estimate of drug-likeness (QED) is 0.161. The predicted molar refractivity (Wildman–Crippen MR) is 221 cm³/mol. The number of aryl methyl sites for hydroxylation is 4. The Balaban J connectivity index is 0.000000517. The first kappa shape index (κ1) is 37.6. The van der Waals surface area contributed by atoms with Crippen LogP contribution in [0.1, 0.15) is 52.5 Å². The SMILES string of the molecule is Cc1nc2n(C)c3ccccc3n2c(=O)c1CCN1CCC(C2c3ccccc3CCn3c2nc2ccccc23)CC1Cc1ccccc1.O=C(O)/C=C/C(=O)O. The monoisotopic (exact) mass is 762 g/mol. The van der Waals surface area contributed by atoms with Crippen molar-refractivity contribution in [1.82, 2.24) is 28.4 Å². The van der Waals surface area contributed by atoms with Crippen LogP contribution >= 0.6 is 0 Å². The van der Waals surface area contributed by atoms with Crippen molar-refractivity contribution >= 4 is 39.8 Å². The number of likely N-dealkylation sites (tertiary alicyclic amines) is 1. The smallest absolute Gasteiger partial charge is 0.328 e. The molecule has 2 N–H and O–H groups in total. The van der Waals surface area contributed by atoms with Gasteiger partial charge < -0.3 is 19.3 Å². The van der Waals surface area contributed by atoms with Gasteiger partial charge in [0.2, 0.25) is 5.78 Å². The molecule has 0 bridgehead atoms. The molecule has 11 heteroatoms. The molecule has 9 rings (SSSR count). The number of hydrogen-bond acceptors (Lipinski definition) is 6. The Morgan fingerprint density at radius 2 is 1.47 bits per heavy atom. The van der Waals surface area contributed by atoms with Gasteiger partial charge in [0.1, 0.15) is 5.82 Å². The van der Waals surface area contributed by atoms with E-state index in [0.717, 1.165) is 73.1 Å². The summed E-state index contributed by atoms with van der Waals surface area (Å²) >= 11 is 0. The number of imidazole rings is 2. The lowest BCUT2D eigenvalue weighted by Gasteiger charge is -2.42. The Bertz CT molecular complexity index is 2680. The molecule has 4 aromatic carbocycles. The van der Waals surface area contributed by atoms with E-state index in [1.54, 1.807) is 4.40 Å². The van der Waals surface area contributed by atoms with Gasteiger partial charge in [-0.1, -0.05) is 78.9 Å². The Hall–Kier alpha value is -6.33. The molecule has 1 saturated heterocycles. The molecule has 0 spiro atoms. The minimum atomic E-state index is -1.26.